The van der Waals surface area contributed by atoms with Crippen LogP contribution in [-0.4, -0.2) is 112 Å². The van der Waals surface area contributed by atoms with E-state index in [9.17, 15) is 14.7 Å². The molecule has 0 bridgehead atoms. The van der Waals surface area contributed by atoms with Crippen LogP contribution in [0.3, 0.4) is 0 Å². The van der Waals surface area contributed by atoms with Crippen molar-refractivity contribution in [1.82, 2.24) is 29.7 Å². The minimum atomic E-state index is -1.03. The normalized spacial score (nSPS) is 19.8. The number of likely N-dealkylation sites (tertiary alicyclic amines) is 1. The number of pyridine rings is 3. The molecule has 3 aliphatic heterocycles. The smallest absolute Gasteiger partial charge is 0.324 e. The fourth-order valence-electron chi connectivity index (χ4n) is 5.95. The monoisotopic (exact) mass is 544 g/mol. The van der Waals surface area contributed by atoms with Gasteiger partial charge in [0.15, 0.2) is 0 Å². The third-order valence-corrected chi connectivity index (χ3v) is 8.31. The van der Waals surface area contributed by atoms with Crippen LogP contribution < -0.4 is 9.80 Å². The Balaban J connectivity index is 1.32. The maximum Gasteiger partial charge on any atom is 0.324 e. The molecular formula is C29H36N8O3. The summed E-state index contributed by atoms with van der Waals surface area (Å²) in [5.41, 5.74) is 4.87. The minimum Gasteiger partial charge on any atom is -0.384 e. The van der Waals surface area contributed by atoms with E-state index in [4.69, 9.17) is 9.97 Å². The lowest BCUT2D eigenvalue weighted by Crippen LogP contribution is -2.55. The van der Waals surface area contributed by atoms with Crippen LogP contribution in [0.5, 0.6) is 0 Å². The summed E-state index contributed by atoms with van der Waals surface area (Å²) in [7, 11) is 3.94. The van der Waals surface area contributed by atoms with Gasteiger partial charge in [0.1, 0.15) is 17.4 Å². The number of aliphatic hydroxyl groups excluding tert-OH is 1. The first kappa shape index (κ1) is 26.4. The molecule has 11 heteroatoms. The average Bonchev–Trinajstić information content (AvgIpc) is 2.98. The van der Waals surface area contributed by atoms with Crippen molar-refractivity contribution in [3.63, 3.8) is 0 Å². The van der Waals surface area contributed by atoms with E-state index in [0.29, 0.717) is 38.0 Å². The number of rotatable bonds is 4. The van der Waals surface area contributed by atoms with Gasteiger partial charge in [-0.3, -0.25) is 14.7 Å². The number of piperazine rings is 1. The van der Waals surface area contributed by atoms with Crippen LogP contribution in [0.25, 0.3) is 22.3 Å². The van der Waals surface area contributed by atoms with Crippen molar-refractivity contribution >= 4 is 34.5 Å². The van der Waals surface area contributed by atoms with E-state index in [1.165, 1.54) is 6.92 Å². The molecule has 3 aromatic rings. The fraction of sp³-hybridized carbons (Fsp3) is 0.483. The number of urea groups is 1. The Morgan fingerprint density at radius 2 is 1.73 bits per heavy atom. The number of carbonyl (C=O) groups is 2. The van der Waals surface area contributed by atoms with Crippen molar-refractivity contribution < 1.29 is 14.7 Å². The van der Waals surface area contributed by atoms with Gasteiger partial charge < -0.3 is 24.7 Å². The molecule has 0 unspecified atom stereocenters. The zero-order chi connectivity index (χ0) is 28.0. The molecule has 2 saturated heterocycles. The van der Waals surface area contributed by atoms with E-state index in [1.54, 1.807) is 16.8 Å². The van der Waals surface area contributed by atoms with Gasteiger partial charge in [0.25, 0.3) is 5.91 Å². The summed E-state index contributed by atoms with van der Waals surface area (Å²) in [6, 6.07) is 7.85. The maximum absolute atomic E-state index is 13.6. The molecule has 1 N–H and O–H groups in total. The Hall–Kier alpha value is -3.83. The van der Waals surface area contributed by atoms with E-state index in [-0.39, 0.29) is 18.0 Å². The first-order valence-electron chi connectivity index (χ1n) is 14.0. The lowest BCUT2D eigenvalue weighted by Gasteiger charge is -2.43. The van der Waals surface area contributed by atoms with Gasteiger partial charge in [-0.05, 0) is 51.1 Å². The number of hydrogen-bond acceptors (Lipinski definition) is 8. The average molecular weight is 545 g/mol. The van der Waals surface area contributed by atoms with Crippen LogP contribution in [0.2, 0.25) is 0 Å². The molecule has 3 amide bonds. The van der Waals surface area contributed by atoms with Crippen LogP contribution in [0.15, 0.2) is 36.7 Å². The predicted molar refractivity (Wildman–Crippen MR) is 153 cm³/mol. The number of likely N-dealkylation sites (N-methyl/N-ethyl adjacent to an activating group) is 1. The summed E-state index contributed by atoms with van der Waals surface area (Å²) in [5, 5.41) is 9.74. The second kappa shape index (κ2) is 10.6. The second-order valence-electron chi connectivity index (χ2n) is 11.1. The van der Waals surface area contributed by atoms with Gasteiger partial charge in [-0.2, -0.15) is 0 Å². The number of aliphatic hydroxyl groups is 1. The Kier molecular flexibility index (Phi) is 7.01. The molecule has 0 aliphatic carbocycles. The zero-order valence-electron chi connectivity index (χ0n) is 23.3. The van der Waals surface area contributed by atoms with Crippen molar-refractivity contribution in [2.45, 2.75) is 38.5 Å². The van der Waals surface area contributed by atoms with Crippen molar-refractivity contribution in [3.8, 4) is 11.3 Å². The summed E-state index contributed by atoms with van der Waals surface area (Å²) >= 11 is 0. The van der Waals surface area contributed by atoms with Crippen molar-refractivity contribution in [2.75, 3.05) is 63.2 Å². The highest BCUT2D eigenvalue weighted by atomic mass is 16.3. The third-order valence-electron chi connectivity index (χ3n) is 8.31. The highest BCUT2D eigenvalue weighted by Crippen LogP contribution is 2.38. The third kappa shape index (κ3) is 4.84. The Morgan fingerprint density at radius 3 is 2.40 bits per heavy atom. The largest absolute Gasteiger partial charge is 0.384 e. The molecular weight excluding hydrogens is 508 g/mol. The number of nitrogens with zero attached hydrogens (tertiary/aromatic N) is 8. The van der Waals surface area contributed by atoms with Gasteiger partial charge >= 0.3 is 6.03 Å². The maximum atomic E-state index is 13.6. The highest BCUT2D eigenvalue weighted by molar-refractivity contribution is 6.04. The SMILES string of the molecule is C[C@@H](O)C(=O)N1CCC(N2C(=O)N(C)Cc3cnc4ccc(-c5ccc(N6CCN(C)CC6)nc5)nc4c32)CC1. The first-order chi connectivity index (χ1) is 19.3. The highest BCUT2D eigenvalue weighted by Gasteiger charge is 2.38. The van der Waals surface area contributed by atoms with E-state index < -0.39 is 6.10 Å². The number of piperidine rings is 1. The van der Waals surface area contributed by atoms with Gasteiger partial charge in [0, 0.05) is 75.9 Å². The van der Waals surface area contributed by atoms with Gasteiger partial charge in [0.05, 0.1) is 23.4 Å². The number of fused-ring (bicyclic) bond motifs is 3. The lowest BCUT2D eigenvalue weighted by atomic mass is 9.99. The topological polar surface area (TPSA) is 109 Å². The summed E-state index contributed by atoms with van der Waals surface area (Å²) in [6.45, 7) is 6.89. The quantitative estimate of drug-likeness (QED) is 0.533. The summed E-state index contributed by atoms with van der Waals surface area (Å²) in [4.78, 5) is 50.2. The molecule has 3 aliphatic rings. The molecule has 0 spiro atoms. The van der Waals surface area contributed by atoms with Crippen molar-refractivity contribution in [1.29, 1.82) is 0 Å². The van der Waals surface area contributed by atoms with Crippen LogP contribution in [0, 0.1) is 0 Å². The number of anilines is 2. The second-order valence-corrected chi connectivity index (χ2v) is 11.1. The molecule has 6 heterocycles. The minimum absolute atomic E-state index is 0.0781. The molecule has 2 fully saturated rings. The van der Waals surface area contributed by atoms with Gasteiger partial charge in [0.2, 0.25) is 0 Å². The summed E-state index contributed by atoms with van der Waals surface area (Å²) in [5.74, 6) is 0.700. The number of aromatic nitrogens is 3. The molecule has 40 heavy (non-hydrogen) atoms. The molecule has 11 nitrogen and oxygen atoms in total. The Morgan fingerprint density at radius 1 is 0.975 bits per heavy atom. The zero-order valence-corrected chi connectivity index (χ0v) is 23.3. The molecule has 1 atom stereocenters. The predicted octanol–water partition coefficient (Wildman–Crippen LogP) is 2.19. The van der Waals surface area contributed by atoms with Gasteiger partial charge in [-0.15, -0.1) is 0 Å². The van der Waals surface area contributed by atoms with E-state index in [2.05, 4.69) is 34.0 Å². The summed E-state index contributed by atoms with van der Waals surface area (Å²) < 4.78 is 0. The lowest BCUT2D eigenvalue weighted by molar-refractivity contribution is -0.140. The molecule has 6 rings (SSSR count). The van der Waals surface area contributed by atoms with Crippen LogP contribution in [-0.2, 0) is 11.3 Å². The number of amides is 3. The van der Waals surface area contributed by atoms with Crippen LogP contribution in [0.1, 0.15) is 25.3 Å². The van der Waals surface area contributed by atoms with E-state index in [1.807, 2.05) is 29.4 Å². The number of hydrogen-bond donors (Lipinski definition) is 1. The van der Waals surface area contributed by atoms with Crippen molar-refractivity contribution in [3.05, 3.63) is 42.2 Å². The standard InChI is InChI=1S/C29H36N8O3/c1-19(38)28(39)36-10-8-22(9-11-36)37-27-21(18-34(3)29(37)40)17-30-24-6-5-23(32-26(24)27)20-4-7-25(31-16-20)35-14-12-33(2)13-15-35/h4-7,16-17,19,22,38H,8-15,18H2,1-3H3/t19-/m1/s1. The molecule has 0 saturated carbocycles. The van der Waals surface area contributed by atoms with E-state index >= 15 is 0 Å². The Labute approximate surface area is 234 Å². The van der Waals surface area contributed by atoms with Gasteiger partial charge in [-0.25, -0.2) is 14.8 Å². The molecule has 3 aromatic heterocycles. The van der Waals surface area contributed by atoms with Crippen LogP contribution >= 0.6 is 0 Å². The summed E-state index contributed by atoms with van der Waals surface area (Å²) in [6.07, 6.45) is 3.93. The molecule has 0 aromatic carbocycles. The van der Waals surface area contributed by atoms with E-state index in [0.717, 1.165) is 60.0 Å². The first-order valence-corrected chi connectivity index (χ1v) is 14.0. The van der Waals surface area contributed by atoms with Gasteiger partial charge in [-0.1, -0.05) is 0 Å². The molecule has 0 radical (unpaired) electrons. The van der Waals surface area contributed by atoms with Crippen molar-refractivity contribution in [2.24, 2.45) is 0 Å². The van der Waals surface area contributed by atoms with Crippen LogP contribution in [0.4, 0.5) is 16.3 Å². The molecule has 210 valence electrons. The Bertz CT molecular complexity index is 1410. The number of carbonyl (C=O) groups excluding carboxylic acids is 2. The fourth-order valence-corrected chi connectivity index (χ4v) is 5.95.